The van der Waals surface area contributed by atoms with E-state index in [4.69, 9.17) is 25.3 Å². The van der Waals surface area contributed by atoms with Crippen molar-refractivity contribution in [2.75, 3.05) is 0 Å². The summed E-state index contributed by atoms with van der Waals surface area (Å²) in [6, 6.07) is 0. The third-order valence-corrected chi connectivity index (χ3v) is 10.4. The summed E-state index contributed by atoms with van der Waals surface area (Å²) < 4.78 is 0. The standard InChI is InChI=1S/C40H70O5S2/c1-6-8-10-12-14-16-18-20-22-24-26-30-36(32(46)28-34(41)42)31(27-25-23-21-19-17-15-13-11-9-7-2)38(40(3,4)5)39(45)37(30)33(47)29-35(43)44/h32-33,45-47H,6-29H2,1-5H3,(H,41,42)(H,43,44). The van der Waals surface area contributed by atoms with Crippen LogP contribution in [-0.4, -0.2) is 27.3 Å². The van der Waals surface area contributed by atoms with Gasteiger partial charge in [-0.2, -0.15) is 25.3 Å². The molecule has 1 rings (SSSR count). The number of phenols is 1. The quantitative estimate of drug-likeness (QED) is 0.0444. The monoisotopic (exact) mass is 694 g/mol. The number of unbranched alkanes of at least 4 members (excludes halogenated alkanes) is 18. The van der Waals surface area contributed by atoms with Gasteiger partial charge in [0.05, 0.1) is 12.8 Å². The second kappa shape index (κ2) is 24.7. The van der Waals surface area contributed by atoms with E-state index in [0.29, 0.717) is 12.0 Å². The van der Waals surface area contributed by atoms with Crippen molar-refractivity contribution in [3.63, 3.8) is 0 Å². The number of aromatic hydroxyl groups is 1. The van der Waals surface area contributed by atoms with Gasteiger partial charge in [0.2, 0.25) is 0 Å². The number of carboxylic acid groups (broad SMARTS) is 2. The molecule has 1 aromatic carbocycles. The predicted octanol–water partition coefficient (Wildman–Crippen LogP) is 12.5. The van der Waals surface area contributed by atoms with Gasteiger partial charge in [-0.05, 0) is 47.8 Å². The van der Waals surface area contributed by atoms with Gasteiger partial charge in [-0.1, -0.05) is 150 Å². The van der Waals surface area contributed by atoms with E-state index in [-0.39, 0.29) is 18.6 Å². The maximum absolute atomic E-state index is 12.0. The lowest BCUT2D eigenvalue weighted by Crippen LogP contribution is -2.21. The molecule has 0 aliphatic rings. The highest BCUT2D eigenvalue weighted by atomic mass is 32.1. The topological polar surface area (TPSA) is 94.8 Å². The Hall–Kier alpha value is -1.34. The van der Waals surface area contributed by atoms with Crippen molar-refractivity contribution in [2.45, 2.75) is 205 Å². The second-order valence-electron chi connectivity index (χ2n) is 14.8. The minimum atomic E-state index is -0.976. The van der Waals surface area contributed by atoms with Crippen molar-refractivity contribution in [1.29, 1.82) is 0 Å². The zero-order valence-electron chi connectivity index (χ0n) is 30.7. The number of benzene rings is 1. The normalized spacial score (nSPS) is 13.2. The van der Waals surface area contributed by atoms with E-state index in [9.17, 15) is 24.9 Å². The Balaban J connectivity index is 3.36. The fourth-order valence-electron chi connectivity index (χ4n) is 7.09. The maximum Gasteiger partial charge on any atom is 0.304 e. The molecule has 0 aromatic heterocycles. The first-order valence-corrected chi connectivity index (χ1v) is 20.1. The lowest BCUT2D eigenvalue weighted by atomic mass is 9.74. The number of hydrogen-bond acceptors (Lipinski definition) is 5. The summed E-state index contributed by atoms with van der Waals surface area (Å²) in [6.45, 7) is 10.7. The van der Waals surface area contributed by atoms with E-state index in [0.717, 1.165) is 60.8 Å². The van der Waals surface area contributed by atoms with Gasteiger partial charge in [0.15, 0.2) is 0 Å². The van der Waals surface area contributed by atoms with Gasteiger partial charge in [0.25, 0.3) is 0 Å². The number of aliphatic carboxylic acids is 2. The zero-order chi connectivity index (χ0) is 35.2. The average molecular weight is 695 g/mol. The molecule has 5 nitrogen and oxygen atoms in total. The molecule has 0 fully saturated rings. The molecule has 2 atom stereocenters. The number of phenolic OH excluding ortho intramolecular Hbond substituents is 1. The van der Waals surface area contributed by atoms with E-state index in [1.807, 2.05) is 0 Å². The minimum absolute atomic E-state index is 0.136. The average Bonchev–Trinajstić information content (AvgIpc) is 2.97. The van der Waals surface area contributed by atoms with E-state index < -0.39 is 27.9 Å². The molecule has 0 aliphatic carbocycles. The Morgan fingerprint density at radius 3 is 1.21 bits per heavy atom. The lowest BCUT2D eigenvalue weighted by molar-refractivity contribution is -0.138. The highest BCUT2D eigenvalue weighted by Crippen LogP contribution is 2.49. The molecule has 47 heavy (non-hydrogen) atoms. The number of carbonyl (C=O) groups is 2. The Morgan fingerprint density at radius 2 is 0.872 bits per heavy atom. The van der Waals surface area contributed by atoms with Crippen LogP contribution in [0.4, 0.5) is 0 Å². The summed E-state index contributed by atoms with van der Waals surface area (Å²) in [5, 5.41) is 30.3. The van der Waals surface area contributed by atoms with E-state index in [1.54, 1.807) is 0 Å². The molecule has 3 N–H and O–H groups in total. The molecule has 2 unspecified atom stereocenters. The molecular weight excluding hydrogens is 625 g/mol. The van der Waals surface area contributed by atoms with Crippen LogP contribution in [0.3, 0.4) is 0 Å². The molecule has 7 heteroatoms. The van der Waals surface area contributed by atoms with Crippen LogP contribution >= 0.6 is 25.3 Å². The van der Waals surface area contributed by atoms with E-state index in [1.165, 1.54) is 96.3 Å². The Labute approximate surface area is 299 Å². The minimum Gasteiger partial charge on any atom is -0.507 e. The highest BCUT2D eigenvalue weighted by Gasteiger charge is 2.34. The van der Waals surface area contributed by atoms with Crippen molar-refractivity contribution in [2.24, 2.45) is 0 Å². The van der Waals surface area contributed by atoms with E-state index >= 15 is 0 Å². The first-order valence-electron chi connectivity index (χ1n) is 19.1. The fraction of sp³-hybridized carbons (Fsp3) is 0.800. The van der Waals surface area contributed by atoms with Gasteiger partial charge in [-0.3, -0.25) is 9.59 Å². The number of rotatable bonds is 28. The third kappa shape index (κ3) is 17.2. The SMILES string of the molecule is CCCCCCCCCCCCc1c(C(S)CC(=O)O)c(O)c(C(C)(C)C)c(CCCCCCCCCCCC)c1C(S)CC(=O)O. The molecule has 0 aliphatic heterocycles. The largest absolute Gasteiger partial charge is 0.507 e. The summed E-state index contributed by atoms with van der Waals surface area (Å²) in [5.74, 6) is -1.75. The number of hydrogen-bond donors (Lipinski definition) is 5. The Kier molecular flexibility index (Phi) is 23.0. The van der Waals surface area contributed by atoms with Gasteiger partial charge < -0.3 is 15.3 Å². The van der Waals surface area contributed by atoms with Crippen LogP contribution in [0.1, 0.15) is 214 Å². The first-order chi connectivity index (χ1) is 22.4. The van der Waals surface area contributed by atoms with Crippen LogP contribution in [0.25, 0.3) is 0 Å². The maximum atomic E-state index is 12.0. The van der Waals surface area contributed by atoms with Crippen LogP contribution in [0, 0.1) is 0 Å². The second-order valence-corrected chi connectivity index (χ2v) is 16.1. The predicted molar refractivity (Wildman–Crippen MR) is 206 cm³/mol. The summed E-state index contributed by atoms with van der Waals surface area (Å²) >= 11 is 9.66. The molecular formula is C40H70O5S2. The van der Waals surface area contributed by atoms with Gasteiger partial charge in [0.1, 0.15) is 5.75 Å². The Morgan fingerprint density at radius 1 is 0.553 bits per heavy atom. The van der Waals surface area contributed by atoms with Crippen LogP contribution < -0.4 is 0 Å². The van der Waals surface area contributed by atoms with Gasteiger partial charge in [-0.15, -0.1) is 0 Å². The molecule has 0 saturated heterocycles. The molecule has 272 valence electrons. The van der Waals surface area contributed by atoms with Crippen molar-refractivity contribution >= 4 is 37.2 Å². The first kappa shape index (κ1) is 43.7. The van der Waals surface area contributed by atoms with Crippen LogP contribution in [0.15, 0.2) is 0 Å². The summed E-state index contributed by atoms with van der Waals surface area (Å²) in [4.78, 5) is 23.9. The van der Waals surface area contributed by atoms with Gasteiger partial charge >= 0.3 is 11.9 Å². The molecule has 0 spiro atoms. The molecule has 0 radical (unpaired) electrons. The molecule has 1 aromatic rings. The smallest absolute Gasteiger partial charge is 0.304 e. The van der Waals surface area contributed by atoms with Crippen LogP contribution in [0.2, 0.25) is 0 Å². The molecule has 0 saturated carbocycles. The molecule has 0 bridgehead atoms. The fourth-order valence-corrected chi connectivity index (χ4v) is 8.00. The van der Waals surface area contributed by atoms with E-state index in [2.05, 4.69) is 34.6 Å². The van der Waals surface area contributed by atoms with Gasteiger partial charge in [-0.25, -0.2) is 0 Å². The molecule has 0 amide bonds. The number of thiol groups is 2. The van der Waals surface area contributed by atoms with Crippen LogP contribution in [-0.2, 0) is 27.8 Å². The number of carboxylic acids is 2. The summed E-state index contributed by atoms with van der Waals surface area (Å²) in [7, 11) is 0. The summed E-state index contributed by atoms with van der Waals surface area (Å²) in [6.07, 6.45) is 25.3. The molecule has 0 heterocycles. The lowest BCUT2D eigenvalue weighted by Gasteiger charge is -2.33. The summed E-state index contributed by atoms with van der Waals surface area (Å²) in [5.41, 5.74) is 3.69. The Bertz CT molecular complexity index is 1030. The highest BCUT2D eigenvalue weighted by molar-refractivity contribution is 7.80. The van der Waals surface area contributed by atoms with Gasteiger partial charge in [0, 0.05) is 21.6 Å². The van der Waals surface area contributed by atoms with Crippen LogP contribution in [0.5, 0.6) is 5.75 Å². The van der Waals surface area contributed by atoms with Crippen molar-refractivity contribution in [1.82, 2.24) is 0 Å². The third-order valence-electron chi connectivity index (χ3n) is 9.48. The van der Waals surface area contributed by atoms with Crippen molar-refractivity contribution in [3.8, 4) is 5.75 Å². The zero-order valence-corrected chi connectivity index (χ0v) is 32.5. The van der Waals surface area contributed by atoms with Crippen molar-refractivity contribution < 1.29 is 24.9 Å². The van der Waals surface area contributed by atoms with Crippen molar-refractivity contribution in [3.05, 3.63) is 27.8 Å².